The number of rotatable bonds is 6. The van der Waals surface area contributed by atoms with Crippen molar-refractivity contribution in [1.29, 1.82) is 0 Å². The highest BCUT2D eigenvalue weighted by Crippen LogP contribution is 2.28. The molecule has 4 rings (SSSR count). The van der Waals surface area contributed by atoms with E-state index in [1.54, 1.807) is 73.3 Å². The summed E-state index contributed by atoms with van der Waals surface area (Å²) in [4.78, 5) is 40.0. The first-order chi connectivity index (χ1) is 17.4. The monoisotopic (exact) mass is 487 g/mol. The number of likely N-dealkylation sites (tertiary alicyclic amines) is 1. The van der Waals surface area contributed by atoms with Crippen molar-refractivity contribution in [2.75, 3.05) is 25.5 Å². The molecule has 36 heavy (non-hydrogen) atoms. The van der Waals surface area contributed by atoms with Gasteiger partial charge in [-0.05, 0) is 91.4 Å². The number of benzene rings is 3. The van der Waals surface area contributed by atoms with E-state index in [2.05, 4.69) is 5.32 Å². The molecule has 0 radical (unpaired) electrons. The van der Waals surface area contributed by atoms with Gasteiger partial charge < -0.3 is 15.0 Å². The molecule has 0 atom stereocenters. The number of ether oxygens (including phenoxy) is 1. The Hall–Kier alpha value is -4.17. The van der Waals surface area contributed by atoms with Crippen LogP contribution >= 0.6 is 0 Å². The van der Waals surface area contributed by atoms with E-state index in [0.29, 0.717) is 41.2 Å². The number of aryl methyl sites for hydroxylation is 1. The Labute approximate surface area is 209 Å². The summed E-state index contributed by atoms with van der Waals surface area (Å²) in [6, 6.07) is 17.1. The van der Waals surface area contributed by atoms with Gasteiger partial charge in [-0.15, -0.1) is 0 Å². The lowest BCUT2D eigenvalue weighted by molar-refractivity contribution is 0.0705. The first-order valence-corrected chi connectivity index (χ1v) is 11.8. The van der Waals surface area contributed by atoms with Gasteiger partial charge in [0.15, 0.2) is 0 Å². The van der Waals surface area contributed by atoms with Gasteiger partial charge in [0.05, 0.1) is 7.11 Å². The molecule has 1 saturated heterocycles. The molecule has 3 aromatic carbocycles. The smallest absolute Gasteiger partial charge is 0.274 e. The topological polar surface area (TPSA) is 108 Å². The van der Waals surface area contributed by atoms with Crippen LogP contribution in [-0.2, 0) is 0 Å². The normalized spacial score (nSPS) is 13.1. The Morgan fingerprint density at radius 1 is 0.833 bits per heavy atom. The second kappa shape index (κ2) is 11.0. The lowest BCUT2D eigenvalue weighted by Crippen LogP contribution is -2.35. The van der Waals surface area contributed by atoms with Crippen LogP contribution in [0.1, 0.15) is 55.9 Å². The standard InChI is InChI=1S/C28H29N3O5/c1-18-14-24(36-2)10-11-25(18)27(33)29-23-16-21(19-6-8-20(9-7-19)26(32)30-35)15-22(17-23)28(34)31-12-4-3-5-13-31/h6-11,14-17,35H,3-5,12-13H2,1-2H3,(H,29,33)(H,30,32). The van der Waals surface area contributed by atoms with Crippen LogP contribution in [0.2, 0.25) is 0 Å². The van der Waals surface area contributed by atoms with E-state index in [-0.39, 0.29) is 11.8 Å². The number of carbonyl (C=O) groups excluding carboxylic acids is 3. The minimum atomic E-state index is -0.613. The zero-order valence-electron chi connectivity index (χ0n) is 20.3. The number of methoxy groups -OCH3 is 1. The predicted octanol–water partition coefficient (Wildman–Crippen LogP) is 4.67. The van der Waals surface area contributed by atoms with E-state index in [1.807, 2.05) is 11.8 Å². The molecular weight excluding hydrogens is 458 g/mol. The lowest BCUT2D eigenvalue weighted by Gasteiger charge is -2.27. The molecule has 0 aliphatic carbocycles. The molecule has 1 aliphatic heterocycles. The number of nitrogens with zero attached hydrogens (tertiary/aromatic N) is 1. The van der Waals surface area contributed by atoms with Crippen molar-refractivity contribution in [3.8, 4) is 16.9 Å². The Bertz CT molecular complexity index is 1280. The quantitative estimate of drug-likeness (QED) is 0.346. The zero-order valence-corrected chi connectivity index (χ0v) is 20.3. The molecule has 1 heterocycles. The van der Waals surface area contributed by atoms with Crippen LogP contribution in [0.5, 0.6) is 5.75 Å². The number of hydrogen-bond acceptors (Lipinski definition) is 5. The van der Waals surface area contributed by atoms with E-state index in [9.17, 15) is 14.4 Å². The summed E-state index contributed by atoms with van der Waals surface area (Å²) in [6.45, 7) is 3.25. The van der Waals surface area contributed by atoms with Crippen molar-refractivity contribution in [3.63, 3.8) is 0 Å². The fourth-order valence-corrected chi connectivity index (χ4v) is 4.36. The van der Waals surface area contributed by atoms with Gasteiger partial charge in [-0.25, -0.2) is 5.48 Å². The fraction of sp³-hybridized carbons (Fsp3) is 0.250. The second-order valence-corrected chi connectivity index (χ2v) is 8.81. The molecular formula is C28H29N3O5. The third kappa shape index (κ3) is 5.55. The SMILES string of the molecule is COc1ccc(C(=O)Nc2cc(C(=O)N3CCCCC3)cc(-c3ccc(C(=O)NO)cc3)c2)c(C)c1. The van der Waals surface area contributed by atoms with Crippen molar-refractivity contribution >= 4 is 23.4 Å². The summed E-state index contributed by atoms with van der Waals surface area (Å²) in [5.41, 5.74) is 5.63. The third-order valence-corrected chi connectivity index (χ3v) is 6.34. The predicted molar refractivity (Wildman–Crippen MR) is 137 cm³/mol. The van der Waals surface area contributed by atoms with Crippen molar-refractivity contribution in [2.24, 2.45) is 0 Å². The van der Waals surface area contributed by atoms with Crippen LogP contribution in [0.15, 0.2) is 60.7 Å². The molecule has 0 unspecified atom stereocenters. The van der Waals surface area contributed by atoms with Crippen LogP contribution < -0.4 is 15.5 Å². The average Bonchev–Trinajstić information content (AvgIpc) is 2.92. The van der Waals surface area contributed by atoms with Crippen molar-refractivity contribution in [1.82, 2.24) is 10.4 Å². The number of anilines is 1. The molecule has 0 aromatic heterocycles. The second-order valence-electron chi connectivity index (χ2n) is 8.81. The number of amides is 3. The number of carbonyl (C=O) groups is 3. The van der Waals surface area contributed by atoms with Crippen LogP contribution in [0.4, 0.5) is 5.69 Å². The van der Waals surface area contributed by atoms with Gasteiger partial charge in [-0.3, -0.25) is 19.6 Å². The van der Waals surface area contributed by atoms with E-state index in [0.717, 1.165) is 36.0 Å². The third-order valence-electron chi connectivity index (χ3n) is 6.34. The maximum atomic E-state index is 13.3. The van der Waals surface area contributed by atoms with E-state index < -0.39 is 5.91 Å². The largest absolute Gasteiger partial charge is 0.497 e. The molecule has 0 saturated carbocycles. The molecule has 0 spiro atoms. The van der Waals surface area contributed by atoms with Crippen LogP contribution in [0.25, 0.3) is 11.1 Å². The summed E-state index contributed by atoms with van der Waals surface area (Å²) >= 11 is 0. The summed E-state index contributed by atoms with van der Waals surface area (Å²) in [5, 5.41) is 11.8. The maximum Gasteiger partial charge on any atom is 0.274 e. The highest BCUT2D eigenvalue weighted by molar-refractivity contribution is 6.06. The molecule has 1 fully saturated rings. The summed E-state index contributed by atoms with van der Waals surface area (Å²) < 4.78 is 5.23. The number of hydroxylamine groups is 1. The van der Waals surface area contributed by atoms with Gasteiger partial charge in [-0.2, -0.15) is 0 Å². The van der Waals surface area contributed by atoms with Gasteiger partial charge in [0.25, 0.3) is 17.7 Å². The number of piperidine rings is 1. The van der Waals surface area contributed by atoms with Gasteiger partial charge in [0.1, 0.15) is 5.75 Å². The van der Waals surface area contributed by atoms with Crippen LogP contribution in [-0.4, -0.2) is 48.0 Å². The Kier molecular flexibility index (Phi) is 7.65. The highest BCUT2D eigenvalue weighted by Gasteiger charge is 2.20. The summed E-state index contributed by atoms with van der Waals surface area (Å²) in [7, 11) is 1.57. The Morgan fingerprint density at radius 2 is 1.56 bits per heavy atom. The molecule has 3 N–H and O–H groups in total. The van der Waals surface area contributed by atoms with Crippen molar-refractivity contribution < 1.29 is 24.3 Å². The Balaban J connectivity index is 1.69. The number of hydrogen-bond donors (Lipinski definition) is 3. The minimum absolute atomic E-state index is 0.0797. The first-order valence-electron chi connectivity index (χ1n) is 11.8. The van der Waals surface area contributed by atoms with Gasteiger partial charge in [0.2, 0.25) is 0 Å². The maximum absolute atomic E-state index is 13.3. The van der Waals surface area contributed by atoms with Crippen molar-refractivity contribution in [2.45, 2.75) is 26.2 Å². The molecule has 3 amide bonds. The van der Waals surface area contributed by atoms with Crippen LogP contribution in [0, 0.1) is 6.92 Å². The molecule has 1 aliphatic rings. The lowest BCUT2D eigenvalue weighted by atomic mass is 9.99. The van der Waals surface area contributed by atoms with E-state index in [4.69, 9.17) is 9.94 Å². The Morgan fingerprint density at radius 3 is 2.19 bits per heavy atom. The van der Waals surface area contributed by atoms with Gasteiger partial charge >= 0.3 is 0 Å². The first kappa shape index (κ1) is 24.9. The van der Waals surface area contributed by atoms with Crippen LogP contribution in [0.3, 0.4) is 0 Å². The molecule has 8 nitrogen and oxygen atoms in total. The minimum Gasteiger partial charge on any atom is -0.497 e. The fourth-order valence-electron chi connectivity index (χ4n) is 4.36. The molecule has 186 valence electrons. The number of nitrogens with one attached hydrogen (secondary N) is 2. The average molecular weight is 488 g/mol. The van der Waals surface area contributed by atoms with E-state index in [1.165, 1.54) is 0 Å². The molecule has 8 heteroatoms. The van der Waals surface area contributed by atoms with Gasteiger partial charge in [-0.1, -0.05) is 12.1 Å². The molecule has 0 bridgehead atoms. The summed E-state index contributed by atoms with van der Waals surface area (Å²) in [5.74, 6) is -0.320. The van der Waals surface area contributed by atoms with Crippen molar-refractivity contribution in [3.05, 3.63) is 82.9 Å². The summed E-state index contributed by atoms with van der Waals surface area (Å²) in [6.07, 6.45) is 3.06. The molecule has 3 aromatic rings. The van der Waals surface area contributed by atoms with E-state index >= 15 is 0 Å². The zero-order chi connectivity index (χ0) is 25.7. The highest BCUT2D eigenvalue weighted by atomic mass is 16.5. The van der Waals surface area contributed by atoms with Gasteiger partial charge in [0, 0.05) is 35.5 Å².